The van der Waals surface area contributed by atoms with Gasteiger partial charge >= 0.3 is 0 Å². The van der Waals surface area contributed by atoms with Crippen molar-refractivity contribution < 1.29 is 9.53 Å². The lowest BCUT2D eigenvalue weighted by Gasteiger charge is -2.21. The molecular formula is C25H25N3O2. The molecule has 1 amide bonds. The van der Waals surface area contributed by atoms with E-state index in [1.54, 1.807) is 0 Å². The first kappa shape index (κ1) is 19.7. The Morgan fingerprint density at radius 1 is 0.967 bits per heavy atom. The average Bonchev–Trinajstić information content (AvgIpc) is 3.20. The van der Waals surface area contributed by atoms with Gasteiger partial charge in [-0.3, -0.25) is 4.79 Å². The van der Waals surface area contributed by atoms with E-state index in [2.05, 4.69) is 29.1 Å². The summed E-state index contributed by atoms with van der Waals surface area (Å²) in [4.78, 5) is 21.2. The number of H-pyrrole nitrogens is 1. The number of fused-ring (bicyclic) bond motifs is 1. The maximum absolute atomic E-state index is 13.2. The molecule has 30 heavy (non-hydrogen) atoms. The standard InChI is InChI=1S/C25H25N3O2/c1-17(2)23(24-26-21-14-8-9-15-22(21)27-24)28-25(29)20-13-7-6-10-18(20)16-30-19-11-4-3-5-12-19/h3-15,17,23H,16H2,1-2H3,(H,26,27)(H,28,29). The minimum atomic E-state index is -0.229. The summed E-state index contributed by atoms with van der Waals surface area (Å²) in [7, 11) is 0. The van der Waals surface area contributed by atoms with E-state index in [9.17, 15) is 4.79 Å². The summed E-state index contributed by atoms with van der Waals surface area (Å²) in [6.45, 7) is 4.47. The molecule has 0 fully saturated rings. The van der Waals surface area contributed by atoms with E-state index >= 15 is 0 Å². The van der Waals surface area contributed by atoms with Crippen LogP contribution in [0.1, 0.15) is 41.6 Å². The van der Waals surface area contributed by atoms with Gasteiger partial charge in [-0.15, -0.1) is 0 Å². The average molecular weight is 399 g/mol. The van der Waals surface area contributed by atoms with Gasteiger partial charge in [0, 0.05) is 11.1 Å². The Bertz CT molecular complexity index is 1100. The second kappa shape index (κ2) is 8.82. The van der Waals surface area contributed by atoms with Crippen molar-refractivity contribution in [3.8, 4) is 5.75 Å². The normalized spacial score (nSPS) is 12.1. The van der Waals surface area contributed by atoms with Crippen LogP contribution in [0, 0.1) is 5.92 Å². The number of amides is 1. The van der Waals surface area contributed by atoms with E-state index in [-0.39, 0.29) is 17.9 Å². The summed E-state index contributed by atoms with van der Waals surface area (Å²) in [5.41, 5.74) is 3.30. The van der Waals surface area contributed by atoms with Crippen molar-refractivity contribution >= 4 is 16.9 Å². The molecule has 0 aliphatic carbocycles. The Hall–Kier alpha value is -3.60. The molecule has 1 heterocycles. The summed E-state index contributed by atoms with van der Waals surface area (Å²) in [5, 5.41) is 3.16. The van der Waals surface area contributed by atoms with Crippen molar-refractivity contribution in [3.05, 3.63) is 95.8 Å². The molecule has 1 atom stereocenters. The number of nitrogens with one attached hydrogen (secondary N) is 2. The first-order valence-electron chi connectivity index (χ1n) is 10.1. The predicted molar refractivity (Wildman–Crippen MR) is 118 cm³/mol. The van der Waals surface area contributed by atoms with Crippen molar-refractivity contribution in [1.82, 2.24) is 15.3 Å². The summed E-state index contributed by atoms with van der Waals surface area (Å²) >= 11 is 0. The van der Waals surface area contributed by atoms with Crippen molar-refractivity contribution in [2.75, 3.05) is 0 Å². The van der Waals surface area contributed by atoms with Crippen molar-refractivity contribution in [1.29, 1.82) is 0 Å². The fourth-order valence-corrected chi connectivity index (χ4v) is 3.44. The monoisotopic (exact) mass is 399 g/mol. The molecule has 5 nitrogen and oxygen atoms in total. The van der Waals surface area contributed by atoms with Gasteiger partial charge in [0.05, 0.1) is 17.1 Å². The van der Waals surface area contributed by atoms with Gasteiger partial charge in [0.2, 0.25) is 0 Å². The Morgan fingerprint density at radius 3 is 2.43 bits per heavy atom. The number of benzene rings is 3. The number of rotatable bonds is 7. The van der Waals surface area contributed by atoms with Crippen molar-refractivity contribution in [2.24, 2.45) is 5.92 Å². The number of aromatic nitrogens is 2. The molecule has 4 aromatic rings. The Labute approximate surface area is 176 Å². The fourth-order valence-electron chi connectivity index (χ4n) is 3.44. The molecule has 0 spiro atoms. The Morgan fingerprint density at radius 2 is 1.67 bits per heavy atom. The lowest BCUT2D eigenvalue weighted by atomic mass is 10.0. The molecule has 0 radical (unpaired) electrons. The highest BCUT2D eigenvalue weighted by molar-refractivity contribution is 5.96. The maximum Gasteiger partial charge on any atom is 0.252 e. The van der Waals surface area contributed by atoms with Crippen LogP contribution in [0.4, 0.5) is 0 Å². The third-order valence-electron chi connectivity index (χ3n) is 5.06. The first-order chi connectivity index (χ1) is 14.6. The van der Waals surface area contributed by atoms with Crippen LogP contribution in [-0.4, -0.2) is 15.9 Å². The zero-order valence-electron chi connectivity index (χ0n) is 17.1. The minimum Gasteiger partial charge on any atom is -0.489 e. The maximum atomic E-state index is 13.2. The van der Waals surface area contributed by atoms with E-state index in [1.165, 1.54) is 0 Å². The molecule has 0 saturated heterocycles. The Kier molecular flexibility index (Phi) is 5.80. The number of carbonyl (C=O) groups excluding carboxylic acids is 1. The van der Waals surface area contributed by atoms with Crippen LogP contribution in [0.2, 0.25) is 0 Å². The molecule has 0 aliphatic rings. The number of imidazole rings is 1. The molecule has 0 aliphatic heterocycles. The summed E-state index contributed by atoms with van der Waals surface area (Å²) in [6, 6.07) is 24.8. The highest BCUT2D eigenvalue weighted by Gasteiger charge is 2.23. The van der Waals surface area contributed by atoms with Gasteiger partial charge in [-0.25, -0.2) is 4.98 Å². The summed E-state index contributed by atoms with van der Waals surface area (Å²) in [5.74, 6) is 1.57. The molecule has 0 saturated carbocycles. The van der Waals surface area contributed by atoms with Crippen LogP contribution in [-0.2, 0) is 6.61 Å². The van der Waals surface area contributed by atoms with Gasteiger partial charge in [-0.05, 0) is 36.2 Å². The van der Waals surface area contributed by atoms with Crippen molar-refractivity contribution in [2.45, 2.75) is 26.5 Å². The number of ether oxygens (including phenoxy) is 1. The van der Waals surface area contributed by atoms with Gasteiger partial charge in [0.15, 0.2) is 0 Å². The SMILES string of the molecule is CC(C)C(NC(=O)c1ccccc1COc1ccccc1)c1nc2ccccc2[nH]1. The molecule has 1 unspecified atom stereocenters. The second-order valence-electron chi connectivity index (χ2n) is 7.59. The lowest BCUT2D eigenvalue weighted by Crippen LogP contribution is -2.33. The largest absolute Gasteiger partial charge is 0.489 e. The molecule has 0 bridgehead atoms. The van der Waals surface area contributed by atoms with E-state index in [0.29, 0.717) is 12.2 Å². The summed E-state index contributed by atoms with van der Waals surface area (Å²) in [6.07, 6.45) is 0. The number of aromatic amines is 1. The number of para-hydroxylation sites is 3. The molecule has 152 valence electrons. The zero-order chi connectivity index (χ0) is 20.9. The zero-order valence-corrected chi connectivity index (χ0v) is 17.1. The molecule has 5 heteroatoms. The van der Waals surface area contributed by atoms with E-state index in [4.69, 9.17) is 4.74 Å². The highest BCUT2D eigenvalue weighted by Crippen LogP contribution is 2.23. The fraction of sp³-hybridized carbons (Fsp3) is 0.200. The minimum absolute atomic E-state index is 0.138. The van der Waals surface area contributed by atoms with Crippen molar-refractivity contribution in [3.63, 3.8) is 0 Å². The smallest absolute Gasteiger partial charge is 0.252 e. The Balaban J connectivity index is 1.54. The van der Waals surface area contributed by atoms with E-state index in [0.717, 1.165) is 28.2 Å². The quantitative estimate of drug-likeness (QED) is 0.445. The third kappa shape index (κ3) is 4.35. The second-order valence-corrected chi connectivity index (χ2v) is 7.59. The first-order valence-corrected chi connectivity index (χ1v) is 10.1. The van der Waals surface area contributed by atoms with Gasteiger partial charge in [-0.1, -0.05) is 62.4 Å². The number of hydrogen-bond acceptors (Lipinski definition) is 3. The lowest BCUT2D eigenvalue weighted by molar-refractivity contribution is 0.0921. The van der Waals surface area contributed by atoms with Crippen LogP contribution in [0.5, 0.6) is 5.75 Å². The number of nitrogens with zero attached hydrogens (tertiary/aromatic N) is 1. The van der Waals surface area contributed by atoms with Gasteiger partial charge in [0.25, 0.3) is 5.91 Å². The van der Waals surface area contributed by atoms with Crippen LogP contribution in [0.15, 0.2) is 78.9 Å². The van der Waals surface area contributed by atoms with E-state index in [1.807, 2.05) is 78.9 Å². The van der Waals surface area contributed by atoms with E-state index < -0.39 is 0 Å². The third-order valence-corrected chi connectivity index (χ3v) is 5.06. The highest BCUT2D eigenvalue weighted by atomic mass is 16.5. The molecule has 3 aromatic carbocycles. The van der Waals surface area contributed by atoms with Crippen LogP contribution in [0.25, 0.3) is 11.0 Å². The number of hydrogen-bond donors (Lipinski definition) is 2. The van der Waals surface area contributed by atoms with Gasteiger partial charge in [0.1, 0.15) is 18.2 Å². The number of carbonyl (C=O) groups is 1. The van der Waals surface area contributed by atoms with Crippen LogP contribution < -0.4 is 10.1 Å². The molecule has 1 aromatic heterocycles. The van der Waals surface area contributed by atoms with Gasteiger partial charge in [-0.2, -0.15) is 0 Å². The molecular weight excluding hydrogens is 374 g/mol. The molecule has 4 rings (SSSR count). The van der Waals surface area contributed by atoms with Gasteiger partial charge < -0.3 is 15.0 Å². The summed E-state index contributed by atoms with van der Waals surface area (Å²) < 4.78 is 5.86. The molecule has 2 N–H and O–H groups in total. The predicted octanol–water partition coefficient (Wildman–Crippen LogP) is 5.27. The van der Waals surface area contributed by atoms with Crippen LogP contribution in [0.3, 0.4) is 0 Å². The topological polar surface area (TPSA) is 67.0 Å². The van der Waals surface area contributed by atoms with Crippen LogP contribution >= 0.6 is 0 Å².